The molecule has 0 aromatic carbocycles. The molecule has 18 heavy (non-hydrogen) atoms. The predicted molar refractivity (Wildman–Crippen MR) is 73.5 cm³/mol. The molecule has 1 saturated carbocycles. The van der Waals surface area contributed by atoms with Gasteiger partial charge in [-0.15, -0.1) is 0 Å². The van der Waals surface area contributed by atoms with Crippen molar-refractivity contribution in [2.75, 3.05) is 26.4 Å². The van der Waals surface area contributed by atoms with E-state index >= 15 is 0 Å². The van der Waals surface area contributed by atoms with E-state index < -0.39 is 0 Å². The van der Waals surface area contributed by atoms with E-state index in [4.69, 9.17) is 4.74 Å². The van der Waals surface area contributed by atoms with Crippen LogP contribution in [0.1, 0.15) is 46.0 Å². The van der Waals surface area contributed by atoms with Gasteiger partial charge in [-0.1, -0.05) is 26.7 Å². The van der Waals surface area contributed by atoms with Crippen LogP contribution in [0.15, 0.2) is 0 Å². The first kappa shape index (κ1) is 14.3. The molecular formula is C15H29NO2. The molecule has 2 aliphatic rings. The zero-order valence-electron chi connectivity index (χ0n) is 12.0. The Morgan fingerprint density at radius 2 is 2.17 bits per heavy atom. The molecule has 0 unspecified atom stereocenters. The summed E-state index contributed by atoms with van der Waals surface area (Å²) < 4.78 is 5.55. The van der Waals surface area contributed by atoms with Gasteiger partial charge >= 0.3 is 0 Å². The van der Waals surface area contributed by atoms with E-state index in [1.807, 2.05) is 0 Å². The minimum atomic E-state index is 0.190. The van der Waals surface area contributed by atoms with E-state index in [2.05, 4.69) is 19.2 Å². The summed E-state index contributed by atoms with van der Waals surface area (Å²) in [7, 11) is 0. The summed E-state index contributed by atoms with van der Waals surface area (Å²) in [6.45, 7) is 7.72. The van der Waals surface area contributed by atoms with Crippen LogP contribution in [0, 0.1) is 17.3 Å². The number of aliphatic hydroxyl groups is 1. The van der Waals surface area contributed by atoms with Crippen LogP contribution in [0.3, 0.4) is 0 Å². The SMILES string of the molecule is C[C@H]1[C@H](C)CCC[C@@H]1NC[C@]1(CCO)CCOC1. The first-order chi connectivity index (χ1) is 8.67. The van der Waals surface area contributed by atoms with E-state index in [-0.39, 0.29) is 12.0 Å². The van der Waals surface area contributed by atoms with E-state index in [1.165, 1.54) is 19.3 Å². The Bertz CT molecular complexity index is 251. The average molecular weight is 255 g/mol. The summed E-state index contributed by atoms with van der Waals surface area (Å²) in [6.07, 6.45) is 6.01. The Morgan fingerprint density at radius 1 is 1.33 bits per heavy atom. The molecule has 0 spiro atoms. The molecule has 1 aliphatic carbocycles. The third-order valence-corrected chi connectivity index (χ3v) is 5.27. The zero-order chi connectivity index (χ0) is 13.0. The molecule has 2 fully saturated rings. The Morgan fingerprint density at radius 3 is 2.83 bits per heavy atom. The van der Waals surface area contributed by atoms with Crippen LogP contribution in [0.5, 0.6) is 0 Å². The number of nitrogens with one attached hydrogen (secondary N) is 1. The van der Waals surface area contributed by atoms with E-state index in [1.54, 1.807) is 0 Å². The lowest BCUT2D eigenvalue weighted by Gasteiger charge is -2.37. The normalized spacial score (nSPS) is 41.2. The van der Waals surface area contributed by atoms with E-state index in [9.17, 15) is 5.11 Å². The topological polar surface area (TPSA) is 41.5 Å². The fourth-order valence-electron chi connectivity index (χ4n) is 3.53. The number of hydrogen-bond donors (Lipinski definition) is 2. The fraction of sp³-hybridized carbons (Fsp3) is 1.00. The first-order valence-corrected chi connectivity index (χ1v) is 7.59. The van der Waals surface area contributed by atoms with Gasteiger partial charge in [0.05, 0.1) is 6.61 Å². The van der Waals surface area contributed by atoms with Gasteiger partial charge in [-0.05, 0) is 31.1 Å². The summed E-state index contributed by atoms with van der Waals surface area (Å²) in [4.78, 5) is 0. The summed E-state index contributed by atoms with van der Waals surface area (Å²) in [5.74, 6) is 1.61. The van der Waals surface area contributed by atoms with Gasteiger partial charge in [0.1, 0.15) is 0 Å². The molecule has 0 aromatic heterocycles. The largest absolute Gasteiger partial charge is 0.396 e. The van der Waals surface area contributed by atoms with Gasteiger partial charge in [-0.25, -0.2) is 0 Å². The van der Waals surface area contributed by atoms with Crippen molar-refractivity contribution in [2.45, 2.75) is 52.0 Å². The van der Waals surface area contributed by atoms with Crippen LogP contribution in [0.4, 0.5) is 0 Å². The number of aliphatic hydroxyl groups excluding tert-OH is 1. The second-order valence-electron chi connectivity index (χ2n) is 6.53. The molecule has 3 heteroatoms. The first-order valence-electron chi connectivity index (χ1n) is 7.59. The quantitative estimate of drug-likeness (QED) is 0.791. The molecule has 1 saturated heterocycles. The van der Waals surface area contributed by atoms with Crippen molar-refractivity contribution < 1.29 is 9.84 Å². The predicted octanol–water partition coefficient (Wildman–Crippen LogP) is 2.19. The van der Waals surface area contributed by atoms with Crippen LogP contribution in [0.2, 0.25) is 0 Å². The van der Waals surface area contributed by atoms with Gasteiger partial charge in [0.25, 0.3) is 0 Å². The molecule has 0 radical (unpaired) electrons. The number of ether oxygens (including phenoxy) is 1. The smallest absolute Gasteiger partial charge is 0.0536 e. The van der Waals surface area contributed by atoms with Crippen molar-refractivity contribution in [2.24, 2.45) is 17.3 Å². The van der Waals surface area contributed by atoms with Crippen molar-refractivity contribution in [3.63, 3.8) is 0 Å². The monoisotopic (exact) mass is 255 g/mol. The maximum atomic E-state index is 9.24. The van der Waals surface area contributed by atoms with Crippen LogP contribution >= 0.6 is 0 Å². The standard InChI is InChI=1S/C15H29NO2/c1-12-4-3-5-14(13(12)2)16-10-15(6-8-17)7-9-18-11-15/h12-14,16-17H,3-11H2,1-2H3/t12-,13+,14+,15+/m1/s1. The summed E-state index contributed by atoms with van der Waals surface area (Å²) in [5.41, 5.74) is 0.190. The molecule has 4 atom stereocenters. The molecule has 0 amide bonds. The molecule has 1 aliphatic heterocycles. The third-order valence-electron chi connectivity index (χ3n) is 5.27. The van der Waals surface area contributed by atoms with Gasteiger partial charge in [0.15, 0.2) is 0 Å². The maximum Gasteiger partial charge on any atom is 0.0536 e. The van der Waals surface area contributed by atoms with Crippen molar-refractivity contribution in [1.82, 2.24) is 5.32 Å². The number of rotatable bonds is 5. The van der Waals surface area contributed by atoms with E-state index in [0.717, 1.165) is 44.4 Å². The van der Waals surface area contributed by atoms with Crippen molar-refractivity contribution in [1.29, 1.82) is 0 Å². The summed E-state index contributed by atoms with van der Waals surface area (Å²) in [5, 5.41) is 13.0. The lowest BCUT2D eigenvalue weighted by Crippen LogP contribution is -2.46. The highest BCUT2D eigenvalue weighted by Crippen LogP contribution is 2.34. The zero-order valence-corrected chi connectivity index (χ0v) is 12.0. The average Bonchev–Trinajstić information content (AvgIpc) is 2.81. The molecule has 0 bridgehead atoms. The Balaban J connectivity index is 1.85. The lowest BCUT2D eigenvalue weighted by atomic mass is 9.77. The van der Waals surface area contributed by atoms with Crippen molar-refractivity contribution in [3.05, 3.63) is 0 Å². The Labute approximate surface area is 111 Å². The molecule has 1 heterocycles. The van der Waals surface area contributed by atoms with Crippen molar-refractivity contribution >= 4 is 0 Å². The molecule has 3 nitrogen and oxygen atoms in total. The number of hydrogen-bond acceptors (Lipinski definition) is 3. The Kier molecular flexibility index (Phi) is 5.05. The molecule has 0 aromatic rings. The van der Waals surface area contributed by atoms with Crippen LogP contribution in [0.25, 0.3) is 0 Å². The van der Waals surface area contributed by atoms with E-state index in [0.29, 0.717) is 6.04 Å². The highest BCUT2D eigenvalue weighted by Gasteiger charge is 2.36. The van der Waals surface area contributed by atoms with Gasteiger partial charge in [-0.2, -0.15) is 0 Å². The van der Waals surface area contributed by atoms with Gasteiger partial charge < -0.3 is 15.2 Å². The third kappa shape index (κ3) is 3.25. The molecule has 2 N–H and O–H groups in total. The minimum Gasteiger partial charge on any atom is -0.396 e. The highest BCUT2D eigenvalue weighted by atomic mass is 16.5. The second-order valence-corrected chi connectivity index (χ2v) is 6.53. The molecular weight excluding hydrogens is 226 g/mol. The molecule has 106 valence electrons. The molecule has 2 rings (SSSR count). The second kappa shape index (κ2) is 6.36. The maximum absolute atomic E-state index is 9.24. The van der Waals surface area contributed by atoms with Gasteiger partial charge in [0.2, 0.25) is 0 Å². The van der Waals surface area contributed by atoms with Gasteiger partial charge in [-0.3, -0.25) is 0 Å². The van der Waals surface area contributed by atoms with Crippen molar-refractivity contribution in [3.8, 4) is 0 Å². The summed E-state index contributed by atoms with van der Waals surface area (Å²) >= 11 is 0. The van der Waals surface area contributed by atoms with Crippen LogP contribution in [-0.2, 0) is 4.74 Å². The summed E-state index contributed by atoms with van der Waals surface area (Å²) in [6, 6.07) is 0.657. The van der Waals surface area contributed by atoms with Crippen LogP contribution in [-0.4, -0.2) is 37.5 Å². The minimum absolute atomic E-state index is 0.190. The highest BCUT2D eigenvalue weighted by molar-refractivity contribution is 4.89. The van der Waals surface area contributed by atoms with Crippen LogP contribution < -0.4 is 5.32 Å². The lowest BCUT2D eigenvalue weighted by molar-refractivity contribution is 0.112. The fourth-order valence-corrected chi connectivity index (χ4v) is 3.53. The van der Waals surface area contributed by atoms with Gasteiger partial charge in [0, 0.05) is 31.2 Å². The Hall–Kier alpha value is -0.120.